The number of hydrogen-bond acceptors (Lipinski definition) is 4. The van der Waals surface area contributed by atoms with Gasteiger partial charge in [-0.05, 0) is 19.3 Å². The van der Waals surface area contributed by atoms with Gasteiger partial charge in [0.1, 0.15) is 0 Å². The molecule has 1 saturated carbocycles. The fourth-order valence-electron chi connectivity index (χ4n) is 2.07. The zero-order valence-corrected chi connectivity index (χ0v) is 10.5. The third-order valence-electron chi connectivity index (χ3n) is 3.20. The zero-order chi connectivity index (χ0) is 12.2. The third-order valence-corrected chi connectivity index (χ3v) is 5.24. The van der Waals surface area contributed by atoms with Crippen LogP contribution in [0.1, 0.15) is 39.0 Å². The van der Waals surface area contributed by atoms with Gasteiger partial charge in [-0.3, -0.25) is 0 Å². The number of sulfonamides is 1. The summed E-state index contributed by atoms with van der Waals surface area (Å²) in [6, 6.07) is -0.334. The fraction of sp³-hybridized carbons (Fsp3) is 1.00. The maximum Gasteiger partial charge on any atom is 0.216 e. The summed E-state index contributed by atoms with van der Waals surface area (Å²) in [6.07, 6.45) is 3.25. The first-order valence-electron chi connectivity index (χ1n) is 5.90. The van der Waals surface area contributed by atoms with Gasteiger partial charge in [0, 0.05) is 12.6 Å². The van der Waals surface area contributed by atoms with Gasteiger partial charge in [0.25, 0.3) is 0 Å². The van der Waals surface area contributed by atoms with Gasteiger partial charge in [0.05, 0.1) is 11.4 Å². The zero-order valence-electron chi connectivity index (χ0n) is 9.72. The highest BCUT2D eigenvalue weighted by Crippen LogP contribution is 2.19. The predicted octanol–water partition coefficient (Wildman–Crippen LogP) is -0.0534. The highest BCUT2D eigenvalue weighted by Gasteiger charge is 2.30. The van der Waals surface area contributed by atoms with Crippen molar-refractivity contribution in [3.05, 3.63) is 0 Å². The number of nitrogens with two attached hydrogens (primary N) is 1. The second-order valence-corrected chi connectivity index (χ2v) is 6.38. The van der Waals surface area contributed by atoms with Gasteiger partial charge in [-0.15, -0.1) is 0 Å². The summed E-state index contributed by atoms with van der Waals surface area (Å²) in [4.78, 5) is 0. The highest BCUT2D eigenvalue weighted by molar-refractivity contribution is 7.90. The molecule has 0 radical (unpaired) electrons. The van der Waals surface area contributed by atoms with Gasteiger partial charge >= 0.3 is 0 Å². The molecule has 5 nitrogen and oxygen atoms in total. The Hall–Kier alpha value is -0.170. The lowest BCUT2D eigenvalue weighted by atomic mass is 9.93. The summed E-state index contributed by atoms with van der Waals surface area (Å²) in [7, 11) is -3.39. The van der Waals surface area contributed by atoms with Gasteiger partial charge in [-0.1, -0.05) is 19.8 Å². The molecular formula is C10H22N2O3S. The van der Waals surface area contributed by atoms with Crippen molar-refractivity contribution in [2.75, 3.05) is 6.54 Å². The van der Waals surface area contributed by atoms with E-state index in [0.29, 0.717) is 19.3 Å². The highest BCUT2D eigenvalue weighted by atomic mass is 32.2. The summed E-state index contributed by atoms with van der Waals surface area (Å²) >= 11 is 0. The maximum atomic E-state index is 11.9. The molecule has 6 heteroatoms. The minimum atomic E-state index is -3.39. The molecular weight excluding hydrogens is 228 g/mol. The maximum absolute atomic E-state index is 11.9. The molecule has 1 aliphatic rings. The van der Waals surface area contributed by atoms with Gasteiger partial charge < -0.3 is 10.8 Å². The average Bonchev–Trinajstić information content (AvgIpc) is 2.22. The van der Waals surface area contributed by atoms with Crippen LogP contribution in [0.5, 0.6) is 0 Å². The van der Waals surface area contributed by atoms with E-state index in [4.69, 9.17) is 5.73 Å². The topological polar surface area (TPSA) is 92.4 Å². The lowest BCUT2D eigenvalue weighted by Crippen LogP contribution is -2.49. The van der Waals surface area contributed by atoms with E-state index in [9.17, 15) is 13.5 Å². The van der Waals surface area contributed by atoms with Crippen LogP contribution >= 0.6 is 0 Å². The Labute approximate surface area is 97.5 Å². The van der Waals surface area contributed by atoms with Crippen molar-refractivity contribution in [1.29, 1.82) is 0 Å². The Morgan fingerprint density at radius 1 is 1.44 bits per heavy atom. The lowest BCUT2D eigenvalue weighted by molar-refractivity contribution is 0.101. The molecule has 16 heavy (non-hydrogen) atoms. The summed E-state index contributed by atoms with van der Waals surface area (Å²) in [5.74, 6) is 0. The van der Waals surface area contributed by atoms with Crippen molar-refractivity contribution in [3.8, 4) is 0 Å². The van der Waals surface area contributed by atoms with E-state index in [2.05, 4.69) is 4.72 Å². The number of aliphatic hydroxyl groups is 1. The normalized spacial score (nSPS) is 28.9. The molecule has 0 aromatic rings. The number of hydrogen-bond donors (Lipinski definition) is 3. The molecule has 1 rings (SSSR count). The van der Waals surface area contributed by atoms with E-state index in [1.165, 1.54) is 0 Å². The predicted molar refractivity (Wildman–Crippen MR) is 63.5 cm³/mol. The number of aliphatic hydroxyl groups excluding tert-OH is 1. The Balaban J connectivity index is 2.63. The molecule has 1 fully saturated rings. The van der Waals surface area contributed by atoms with Crippen LogP contribution in [0.4, 0.5) is 0 Å². The van der Waals surface area contributed by atoms with E-state index in [1.807, 2.05) is 0 Å². The second-order valence-electron chi connectivity index (χ2n) is 4.39. The van der Waals surface area contributed by atoms with Crippen LogP contribution in [0, 0.1) is 0 Å². The largest absolute Gasteiger partial charge is 0.391 e. The minimum Gasteiger partial charge on any atom is -0.391 e. The minimum absolute atomic E-state index is 0.120. The number of nitrogens with one attached hydrogen (secondary N) is 1. The van der Waals surface area contributed by atoms with Gasteiger partial charge in [-0.25, -0.2) is 13.1 Å². The van der Waals surface area contributed by atoms with Crippen molar-refractivity contribution in [3.63, 3.8) is 0 Å². The van der Waals surface area contributed by atoms with E-state index in [-0.39, 0.29) is 12.6 Å². The van der Waals surface area contributed by atoms with Crippen LogP contribution in [-0.2, 0) is 10.0 Å². The van der Waals surface area contributed by atoms with Crippen LogP contribution in [-0.4, -0.2) is 37.5 Å². The molecule has 0 spiro atoms. The van der Waals surface area contributed by atoms with Crippen molar-refractivity contribution < 1.29 is 13.5 Å². The molecule has 0 heterocycles. The first kappa shape index (κ1) is 13.9. The first-order chi connectivity index (χ1) is 7.51. The Morgan fingerprint density at radius 3 is 2.56 bits per heavy atom. The quantitative estimate of drug-likeness (QED) is 0.637. The van der Waals surface area contributed by atoms with Gasteiger partial charge in [0.2, 0.25) is 10.0 Å². The summed E-state index contributed by atoms with van der Waals surface area (Å²) in [5.41, 5.74) is 5.43. The Morgan fingerprint density at radius 2 is 2.06 bits per heavy atom. The molecule has 3 unspecified atom stereocenters. The second kappa shape index (κ2) is 5.95. The monoisotopic (exact) mass is 250 g/mol. The first-order valence-corrected chi connectivity index (χ1v) is 7.45. The molecule has 0 aromatic carbocycles. The van der Waals surface area contributed by atoms with Crippen LogP contribution in [0.3, 0.4) is 0 Å². The van der Waals surface area contributed by atoms with E-state index in [0.717, 1.165) is 12.8 Å². The smallest absolute Gasteiger partial charge is 0.216 e. The molecule has 0 bridgehead atoms. The summed E-state index contributed by atoms with van der Waals surface area (Å²) in [5, 5.41) is 9.15. The molecule has 0 amide bonds. The van der Waals surface area contributed by atoms with Crippen molar-refractivity contribution in [2.45, 2.75) is 56.4 Å². The molecule has 1 aliphatic carbocycles. The average molecular weight is 250 g/mol. The number of rotatable bonds is 5. The van der Waals surface area contributed by atoms with Gasteiger partial charge in [0.15, 0.2) is 0 Å². The lowest BCUT2D eigenvalue weighted by Gasteiger charge is -2.29. The third kappa shape index (κ3) is 3.41. The molecule has 96 valence electrons. The van der Waals surface area contributed by atoms with Crippen LogP contribution < -0.4 is 10.5 Å². The van der Waals surface area contributed by atoms with E-state index >= 15 is 0 Å². The molecule has 0 saturated heterocycles. The van der Waals surface area contributed by atoms with Crippen LogP contribution in [0.2, 0.25) is 0 Å². The van der Waals surface area contributed by atoms with E-state index in [1.54, 1.807) is 6.92 Å². The molecule has 0 aromatic heterocycles. The SMILES string of the molecule is CCC(CN)S(=O)(=O)NC1CCCCC1O. The fourth-order valence-corrected chi connectivity index (χ4v) is 3.65. The van der Waals surface area contributed by atoms with Gasteiger partial charge in [-0.2, -0.15) is 0 Å². The van der Waals surface area contributed by atoms with Crippen LogP contribution in [0.15, 0.2) is 0 Å². The van der Waals surface area contributed by atoms with E-state index < -0.39 is 21.4 Å². The Kier molecular flexibility index (Phi) is 5.17. The summed E-state index contributed by atoms with van der Waals surface area (Å²) < 4.78 is 26.4. The molecule has 4 N–H and O–H groups in total. The molecule has 0 aliphatic heterocycles. The molecule has 3 atom stereocenters. The van der Waals surface area contributed by atoms with Crippen molar-refractivity contribution in [2.24, 2.45) is 5.73 Å². The standard InChI is InChI=1S/C10H22N2O3S/c1-2-8(7-11)16(14,15)12-9-5-3-4-6-10(9)13/h8-10,12-13H,2-7,11H2,1H3. The summed E-state index contributed by atoms with van der Waals surface area (Å²) in [6.45, 7) is 1.92. The van der Waals surface area contributed by atoms with Crippen molar-refractivity contribution in [1.82, 2.24) is 4.72 Å². The van der Waals surface area contributed by atoms with Crippen LogP contribution in [0.25, 0.3) is 0 Å². The Bertz CT molecular complexity index is 301. The van der Waals surface area contributed by atoms with Crippen molar-refractivity contribution >= 4 is 10.0 Å².